The molecule has 1 aliphatic heterocycles. The summed E-state index contributed by atoms with van der Waals surface area (Å²) in [6.07, 6.45) is 5.84. The van der Waals surface area contributed by atoms with Crippen LogP contribution in [0, 0.1) is 6.92 Å². The van der Waals surface area contributed by atoms with Crippen molar-refractivity contribution < 1.29 is 9.52 Å². The van der Waals surface area contributed by atoms with Gasteiger partial charge in [-0.15, -0.1) is 5.10 Å². The maximum Gasteiger partial charge on any atom is 0.209 e. The van der Waals surface area contributed by atoms with Gasteiger partial charge in [0, 0.05) is 24.8 Å². The van der Waals surface area contributed by atoms with E-state index in [0.29, 0.717) is 31.9 Å². The smallest absolute Gasteiger partial charge is 0.209 e. The third kappa shape index (κ3) is 3.62. The number of hydrogen-bond donors (Lipinski definition) is 1. The van der Waals surface area contributed by atoms with Crippen LogP contribution in [-0.2, 0) is 13.1 Å². The van der Waals surface area contributed by atoms with Crippen molar-refractivity contribution in [1.29, 1.82) is 0 Å². The SMILES string of the molecule is Cc1ccc(-c2cnc(CN3CCC(O)(Cn4ccnn4)C3)o2)cc1. The summed E-state index contributed by atoms with van der Waals surface area (Å²) in [5.74, 6) is 1.44. The molecule has 25 heavy (non-hydrogen) atoms. The molecule has 3 heterocycles. The number of aliphatic hydroxyl groups is 1. The van der Waals surface area contributed by atoms with E-state index in [1.165, 1.54) is 5.56 Å². The second-order valence-electron chi connectivity index (χ2n) is 6.77. The van der Waals surface area contributed by atoms with Gasteiger partial charge in [0.1, 0.15) is 0 Å². The van der Waals surface area contributed by atoms with Crippen molar-refractivity contribution in [3.8, 4) is 11.3 Å². The van der Waals surface area contributed by atoms with E-state index in [1.54, 1.807) is 23.3 Å². The van der Waals surface area contributed by atoms with Gasteiger partial charge in [0.05, 0.1) is 31.1 Å². The van der Waals surface area contributed by atoms with Gasteiger partial charge in [0.2, 0.25) is 5.89 Å². The average Bonchev–Trinajstić information content (AvgIpc) is 3.32. The highest BCUT2D eigenvalue weighted by Crippen LogP contribution is 2.26. The largest absolute Gasteiger partial charge is 0.439 e. The van der Waals surface area contributed by atoms with Crippen molar-refractivity contribution >= 4 is 0 Å². The molecule has 1 N–H and O–H groups in total. The number of oxazole rings is 1. The summed E-state index contributed by atoms with van der Waals surface area (Å²) < 4.78 is 7.55. The molecule has 0 aliphatic carbocycles. The number of aryl methyl sites for hydroxylation is 1. The van der Waals surface area contributed by atoms with Crippen LogP contribution in [0.25, 0.3) is 11.3 Å². The number of rotatable bonds is 5. The van der Waals surface area contributed by atoms with Crippen LogP contribution in [0.1, 0.15) is 17.9 Å². The normalized spacial score (nSPS) is 21.0. The lowest BCUT2D eigenvalue weighted by molar-refractivity contribution is 0.0267. The Kier molecular flexibility index (Phi) is 4.10. The first-order valence-electron chi connectivity index (χ1n) is 8.40. The molecule has 130 valence electrons. The summed E-state index contributed by atoms with van der Waals surface area (Å²) in [5, 5.41) is 18.5. The first-order valence-corrected chi connectivity index (χ1v) is 8.40. The molecule has 1 saturated heterocycles. The van der Waals surface area contributed by atoms with Gasteiger partial charge in [-0.05, 0) is 13.3 Å². The van der Waals surface area contributed by atoms with Crippen LogP contribution in [0.2, 0.25) is 0 Å². The van der Waals surface area contributed by atoms with Gasteiger partial charge < -0.3 is 9.52 Å². The van der Waals surface area contributed by atoms with E-state index in [9.17, 15) is 5.11 Å². The maximum atomic E-state index is 10.7. The highest BCUT2D eigenvalue weighted by Gasteiger charge is 2.37. The van der Waals surface area contributed by atoms with Crippen molar-refractivity contribution in [2.45, 2.75) is 32.0 Å². The topological polar surface area (TPSA) is 80.2 Å². The van der Waals surface area contributed by atoms with E-state index in [0.717, 1.165) is 17.9 Å². The minimum atomic E-state index is -0.792. The molecular formula is C18H21N5O2. The second kappa shape index (κ2) is 6.42. The first kappa shape index (κ1) is 16.0. The predicted molar refractivity (Wildman–Crippen MR) is 91.5 cm³/mol. The number of hydrogen-bond acceptors (Lipinski definition) is 6. The number of β-amino-alcohol motifs (C(OH)–C–C–N with tert-alkyl or cyclic N) is 1. The molecule has 0 spiro atoms. The molecule has 2 aromatic heterocycles. The zero-order valence-electron chi connectivity index (χ0n) is 14.2. The predicted octanol–water partition coefficient (Wildman–Crippen LogP) is 1.88. The van der Waals surface area contributed by atoms with E-state index < -0.39 is 5.60 Å². The molecule has 0 radical (unpaired) electrons. The molecule has 0 bridgehead atoms. The van der Waals surface area contributed by atoms with Crippen LogP contribution in [0.15, 0.2) is 47.3 Å². The lowest BCUT2D eigenvalue weighted by Crippen LogP contribution is -2.37. The monoisotopic (exact) mass is 339 g/mol. The third-order valence-corrected chi connectivity index (χ3v) is 4.59. The fraction of sp³-hybridized carbons (Fsp3) is 0.389. The van der Waals surface area contributed by atoms with Crippen molar-refractivity contribution in [2.24, 2.45) is 0 Å². The number of likely N-dealkylation sites (tertiary alicyclic amines) is 1. The van der Waals surface area contributed by atoms with Gasteiger partial charge in [-0.1, -0.05) is 35.0 Å². The molecule has 1 aliphatic rings. The molecule has 1 unspecified atom stereocenters. The third-order valence-electron chi connectivity index (χ3n) is 4.59. The highest BCUT2D eigenvalue weighted by atomic mass is 16.4. The Morgan fingerprint density at radius 3 is 2.88 bits per heavy atom. The van der Waals surface area contributed by atoms with Gasteiger partial charge in [-0.2, -0.15) is 0 Å². The molecule has 4 rings (SSSR count). The van der Waals surface area contributed by atoms with Crippen LogP contribution in [0.4, 0.5) is 0 Å². The van der Waals surface area contributed by atoms with Gasteiger partial charge in [0.25, 0.3) is 0 Å². The van der Waals surface area contributed by atoms with E-state index in [1.807, 2.05) is 12.1 Å². The minimum Gasteiger partial charge on any atom is -0.439 e. The molecule has 7 nitrogen and oxygen atoms in total. The Bertz CT molecular complexity index is 828. The zero-order chi connectivity index (χ0) is 17.3. The molecule has 1 fully saturated rings. The lowest BCUT2D eigenvalue weighted by atomic mass is 10.0. The first-order chi connectivity index (χ1) is 12.1. The Balaban J connectivity index is 1.39. The highest BCUT2D eigenvalue weighted by molar-refractivity contribution is 5.56. The van der Waals surface area contributed by atoms with Gasteiger partial charge in [0.15, 0.2) is 5.76 Å². The molecule has 1 atom stereocenters. The van der Waals surface area contributed by atoms with Crippen molar-refractivity contribution in [3.05, 3.63) is 54.3 Å². The fourth-order valence-electron chi connectivity index (χ4n) is 3.25. The summed E-state index contributed by atoms with van der Waals surface area (Å²) in [4.78, 5) is 6.54. The van der Waals surface area contributed by atoms with E-state index in [4.69, 9.17) is 4.42 Å². The van der Waals surface area contributed by atoms with Gasteiger partial charge in [-0.3, -0.25) is 4.90 Å². The molecule has 1 aromatic carbocycles. The number of benzene rings is 1. The number of aromatic nitrogens is 4. The Morgan fingerprint density at radius 1 is 1.28 bits per heavy atom. The van der Waals surface area contributed by atoms with Gasteiger partial charge >= 0.3 is 0 Å². The van der Waals surface area contributed by atoms with E-state index in [-0.39, 0.29) is 0 Å². The quantitative estimate of drug-likeness (QED) is 0.764. The fourth-order valence-corrected chi connectivity index (χ4v) is 3.25. The van der Waals surface area contributed by atoms with Crippen LogP contribution >= 0.6 is 0 Å². The maximum absolute atomic E-state index is 10.7. The Morgan fingerprint density at radius 2 is 2.12 bits per heavy atom. The summed E-state index contributed by atoms with van der Waals surface area (Å²) in [5.41, 5.74) is 1.45. The standard InChI is InChI=1S/C18H21N5O2/c1-14-2-4-15(5-3-14)16-10-19-17(25-16)11-22-8-6-18(24,12-22)13-23-9-7-20-21-23/h2-5,7,9-10,24H,6,8,11-13H2,1H3. The van der Waals surface area contributed by atoms with E-state index in [2.05, 4.69) is 39.3 Å². The summed E-state index contributed by atoms with van der Waals surface area (Å²) in [6.45, 7) is 4.46. The van der Waals surface area contributed by atoms with Crippen LogP contribution in [0.3, 0.4) is 0 Å². The molecule has 3 aromatic rings. The molecular weight excluding hydrogens is 318 g/mol. The average molecular weight is 339 g/mol. The van der Waals surface area contributed by atoms with Crippen molar-refractivity contribution in [2.75, 3.05) is 13.1 Å². The van der Waals surface area contributed by atoms with Crippen molar-refractivity contribution in [3.63, 3.8) is 0 Å². The molecule has 7 heteroatoms. The van der Waals surface area contributed by atoms with Crippen LogP contribution in [-0.4, -0.2) is 48.7 Å². The van der Waals surface area contributed by atoms with Crippen molar-refractivity contribution in [1.82, 2.24) is 24.9 Å². The minimum absolute atomic E-state index is 0.448. The van der Waals surface area contributed by atoms with Gasteiger partial charge in [-0.25, -0.2) is 9.67 Å². The Labute approximate surface area is 145 Å². The summed E-state index contributed by atoms with van der Waals surface area (Å²) in [6, 6.07) is 8.18. The summed E-state index contributed by atoms with van der Waals surface area (Å²) in [7, 11) is 0. The zero-order valence-corrected chi connectivity index (χ0v) is 14.2. The summed E-state index contributed by atoms with van der Waals surface area (Å²) >= 11 is 0. The van der Waals surface area contributed by atoms with Crippen LogP contribution < -0.4 is 0 Å². The van der Waals surface area contributed by atoms with E-state index >= 15 is 0 Å². The second-order valence-corrected chi connectivity index (χ2v) is 6.77. The molecule has 0 saturated carbocycles. The molecule has 0 amide bonds. The number of nitrogens with zero attached hydrogens (tertiary/aromatic N) is 5. The lowest BCUT2D eigenvalue weighted by Gasteiger charge is -2.22. The Hall–Kier alpha value is -2.51. The van der Waals surface area contributed by atoms with Crippen LogP contribution in [0.5, 0.6) is 0 Å².